The molecule has 1 N–H and O–H groups in total. The monoisotopic (exact) mass is 238 g/mol. The Hall–Kier alpha value is -1.13. The lowest BCUT2D eigenvalue weighted by molar-refractivity contribution is 0.0407. The van der Waals surface area contributed by atoms with Crippen molar-refractivity contribution in [1.29, 1.82) is 0 Å². The number of anilines is 1. The third-order valence-corrected chi connectivity index (χ3v) is 2.17. The summed E-state index contributed by atoms with van der Waals surface area (Å²) in [5.74, 6) is 0.905. The summed E-state index contributed by atoms with van der Waals surface area (Å²) < 4.78 is 10.8. The molecule has 1 rings (SSSR count). The van der Waals surface area contributed by atoms with Crippen LogP contribution in [-0.4, -0.2) is 31.3 Å². The second-order valence-electron chi connectivity index (χ2n) is 3.75. The average molecular weight is 238 g/mol. The van der Waals surface area contributed by atoms with Crippen LogP contribution in [0.2, 0.25) is 0 Å². The van der Waals surface area contributed by atoms with Crippen molar-refractivity contribution in [2.75, 3.05) is 31.7 Å². The number of hydrogen-bond acceptors (Lipinski definition) is 4. The molecule has 0 radical (unpaired) electrons. The number of aromatic nitrogens is 1. The minimum Gasteiger partial charge on any atom is -0.379 e. The lowest BCUT2D eigenvalue weighted by Gasteiger charge is -2.06. The van der Waals surface area contributed by atoms with Crippen molar-refractivity contribution in [3.8, 4) is 0 Å². The Bertz CT molecular complexity index is 288. The van der Waals surface area contributed by atoms with E-state index in [4.69, 9.17) is 9.47 Å². The van der Waals surface area contributed by atoms with Gasteiger partial charge in [-0.1, -0.05) is 13.0 Å². The molecule has 0 aromatic carbocycles. The van der Waals surface area contributed by atoms with E-state index in [9.17, 15) is 0 Å². The summed E-state index contributed by atoms with van der Waals surface area (Å²) in [4.78, 5) is 4.27. The van der Waals surface area contributed by atoms with E-state index in [2.05, 4.69) is 24.1 Å². The van der Waals surface area contributed by atoms with E-state index >= 15 is 0 Å². The second kappa shape index (κ2) is 8.96. The van der Waals surface area contributed by atoms with Gasteiger partial charge in [0.1, 0.15) is 5.82 Å². The van der Waals surface area contributed by atoms with Crippen LogP contribution in [-0.2, 0) is 16.1 Å². The van der Waals surface area contributed by atoms with Gasteiger partial charge in [0.05, 0.1) is 19.8 Å². The number of ether oxygens (including phenoxy) is 2. The molecule has 0 aliphatic rings. The lowest BCUT2D eigenvalue weighted by atomic mass is 10.3. The van der Waals surface area contributed by atoms with E-state index in [0.29, 0.717) is 19.8 Å². The number of nitrogens with zero attached hydrogens (tertiary/aromatic N) is 1. The smallest absolute Gasteiger partial charge is 0.125 e. The van der Waals surface area contributed by atoms with Gasteiger partial charge in [-0.3, -0.25) is 0 Å². The van der Waals surface area contributed by atoms with Crippen molar-refractivity contribution in [3.05, 3.63) is 23.9 Å². The van der Waals surface area contributed by atoms with E-state index in [1.807, 2.05) is 18.3 Å². The Kier molecular flexibility index (Phi) is 7.34. The van der Waals surface area contributed by atoms with Gasteiger partial charge in [-0.25, -0.2) is 4.98 Å². The molecule has 0 bridgehead atoms. The summed E-state index contributed by atoms with van der Waals surface area (Å²) in [5, 5.41) is 3.15. The predicted octanol–water partition coefficient (Wildman–Crippen LogP) is 2.46. The zero-order valence-electron chi connectivity index (χ0n) is 10.7. The first-order valence-electron chi connectivity index (χ1n) is 6.21. The zero-order valence-corrected chi connectivity index (χ0v) is 10.7. The molecule has 1 aromatic rings. The Labute approximate surface area is 103 Å². The summed E-state index contributed by atoms with van der Waals surface area (Å²) in [7, 11) is 0. The number of hydrogen-bond donors (Lipinski definition) is 1. The van der Waals surface area contributed by atoms with E-state index in [1.54, 1.807) is 0 Å². The van der Waals surface area contributed by atoms with Crippen LogP contribution in [0.1, 0.15) is 25.8 Å². The molecule has 1 aromatic heterocycles. The lowest BCUT2D eigenvalue weighted by Crippen LogP contribution is -2.05. The SMILES string of the molecule is CCCOCCOCc1ccc(NCC)nc1. The molecule has 0 fully saturated rings. The molecule has 17 heavy (non-hydrogen) atoms. The number of nitrogens with one attached hydrogen (secondary N) is 1. The van der Waals surface area contributed by atoms with E-state index in [1.165, 1.54) is 0 Å². The molecule has 4 nitrogen and oxygen atoms in total. The fraction of sp³-hybridized carbons (Fsp3) is 0.615. The quantitative estimate of drug-likeness (QED) is 0.671. The van der Waals surface area contributed by atoms with Crippen molar-refractivity contribution in [2.24, 2.45) is 0 Å². The van der Waals surface area contributed by atoms with Gasteiger partial charge in [-0.2, -0.15) is 0 Å². The van der Waals surface area contributed by atoms with E-state index in [-0.39, 0.29) is 0 Å². The van der Waals surface area contributed by atoms with Crippen LogP contribution in [0, 0.1) is 0 Å². The van der Waals surface area contributed by atoms with Gasteiger partial charge in [0.2, 0.25) is 0 Å². The standard InChI is InChI=1S/C13H22N2O2/c1-3-7-16-8-9-17-11-12-5-6-13(14-4-2)15-10-12/h5-6,10H,3-4,7-9,11H2,1-2H3,(H,14,15). The molecule has 4 heteroatoms. The fourth-order valence-corrected chi connectivity index (χ4v) is 1.35. The van der Waals surface area contributed by atoms with E-state index < -0.39 is 0 Å². The van der Waals surface area contributed by atoms with Crippen LogP contribution in [0.15, 0.2) is 18.3 Å². The van der Waals surface area contributed by atoms with Crippen molar-refractivity contribution >= 4 is 5.82 Å². The molecule has 0 unspecified atom stereocenters. The molecule has 0 saturated carbocycles. The molecule has 0 spiro atoms. The highest BCUT2D eigenvalue weighted by Crippen LogP contribution is 2.05. The van der Waals surface area contributed by atoms with Gasteiger partial charge >= 0.3 is 0 Å². The third kappa shape index (κ3) is 6.24. The van der Waals surface area contributed by atoms with Crippen molar-refractivity contribution in [1.82, 2.24) is 4.98 Å². The molecule has 1 heterocycles. The number of pyridine rings is 1. The van der Waals surface area contributed by atoms with Crippen molar-refractivity contribution in [2.45, 2.75) is 26.9 Å². The van der Waals surface area contributed by atoms with Crippen LogP contribution in [0.3, 0.4) is 0 Å². The third-order valence-electron chi connectivity index (χ3n) is 2.17. The first-order chi connectivity index (χ1) is 8.36. The molecule has 0 aliphatic heterocycles. The Morgan fingerprint density at radius 2 is 1.94 bits per heavy atom. The van der Waals surface area contributed by atoms with Gasteiger partial charge in [0, 0.05) is 19.3 Å². The van der Waals surface area contributed by atoms with Crippen LogP contribution in [0.4, 0.5) is 5.82 Å². The largest absolute Gasteiger partial charge is 0.379 e. The highest BCUT2D eigenvalue weighted by molar-refractivity contribution is 5.34. The van der Waals surface area contributed by atoms with Crippen LogP contribution in [0.25, 0.3) is 0 Å². The first kappa shape index (κ1) is 13.9. The van der Waals surface area contributed by atoms with Crippen LogP contribution < -0.4 is 5.32 Å². The fourth-order valence-electron chi connectivity index (χ4n) is 1.35. The van der Waals surface area contributed by atoms with Crippen molar-refractivity contribution in [3.63, 3.8) is 0 Å². The van der Waals surface area contributed by atoms with Gasteiger partial charge in [-0.05, 0) is 25.0 Å². The van der Waals surface area contributed by atoms with Gasteiger partial charge in [0.25, 0.3) is 0 Å². The van der Waals surface area contributed by atoms with Crippen molar-refractivity contribution < 1.29 is 9.47 Å². The molecular weight excluding hydrogens is 216 g/mol. The Morgan fingerprint density at radius 1 is 1.12 bits per heavy atom. The molecule has 0 saturated heterocycles. The summed E-state index contributed by atoms with van der Waals surface area (Å²) in [5.41, 5.74) is 1.09. The summed E-state index contributed by atoms with van der Waals surface area (Å²) in [6, 6.07) is 3.99. The maximum absolute atomic E-state index is 5.48. The predicted molar refractivity (Wildman–Crippen MR) is 69.2 cm³/mol. The number of rotatable bonds is 9. The topological polar surface area (TPSA) is 43.4 Å². The second-order valence-corrected chi connectivity index (χ2v) is 3.75. The summed E-state index contributed by atoms with van der Waals surface area (Å²) in [6.07, 6.45) is 2.89. The summed E-state index contributed by atoms with van der Waals surface area (Å²) in [6.45, 7) is 7.73. The average Bonchev–Trinajstić information content (AvgIpc) is 2.36. The minimum absolute atomic E-state index is 0.592. The molecule has 0 amide bonds. The Morgan fingerprint density at radius 3 is 2.59 bits per heavy atom. The molecular formula is C13H22N2O2. The molecule has 0 aliphatic carbocycles. The molecule has 96 valence electrons. The van der Waals surface area contributed by atoms with Crippen LogP contribution in [0.5, 0.6) is 0 Å². The van der Waals surface area contributed by atoms with Gasteiger partial charge in [0.15, 0.2) is 0 Å². The molecule has 0 atom stereocenters. The van der Waals surface area contributed by atoms with Gasteiger partial charge < -0.3 is 14.8 Å². The summed E-state index contributed by atoms with van der Waals surface area (Å²) >= 11 is 0. The maximum atomic E-state index is 5.48. The van der Waals surface area contributed by atoms with Crippen LogP contribution >= 0.6 is 0 Å². The maximum Gasteiger partial charge on any atom is 0.125 e. The van der Waals surface area contributed by atoms with Gasteiger partial charge in [-0.15, -0.1) is 0 Å². The first-order valence-corrected chi connectivity index (χ1v) is 6.21. The van der Waals surface area contributed by atoms with E-state index in [0.717, 1.165) is 31.0 Å². The zero-order chi connectivity index (χ0) is 12.3. The Balaban J connectivity index is 2.14. The highest BCUT2D eigenvalue weighted by Gasteiger charge is 1.95. The minimum atomic E-state index is 0.592. The highest BCUT2D eigenvalue weighted by atomic mass is 16.5. The normalized spacial score (nSPS) is 10.5.